The molecule has 0 bridgehead atoms. The molecule has 1 saturated carbocycles. The summed E-state index contributed by atoms with van der Waals surface area (Å²) in [6, 6.07) is 0.496. The maximum atomic E-state index is 7.66. The fourth-order valence-corrected chi connectivity index (χ4v) is 2.79. The summed E-state index contributed by atoms with van der Waals surface area (Å²) in [5.41, 5.74) is 0.0296. The standard InChI is InChI=1S/C16H29BN2O2/c1-6-14(12-8-7-9-12)19-11-13(10-18)17-20-15(2,3)16(4,5)21-17/h10-12,14,18-19H,6-9H2,1-5H3/b13-11+,18-10?. The van der Waals surface area contributed by atoms with E-state index in [4.69, 9.17) is 14.7 Å². The van der Waals surface area contributed by atoms with Gasteiger partial charge in [-0.1, -0.05) is 13.3 Å². The van der Waals surface area contributed by atoms with Crippen LogP contribution in [-0.2, 0) is 9.31 Å². The first-order chi connectivity index (χ1) is 9.80. The van der Waals surface area contributed by atoms with Crippen LogP contribution in [0.4, 0.5) is 0 Å². The molecule has 1 saturated heterocycles. The molecular weight excluding hydrogens is 263 g/mol. The second-order valence-corrected chi connectivity index (χ2v) is 7.25. The van der Waals surface area contributed by atoms with Crippen LogP contribution in [0.5, 0.6) is 0 Å². The molecule has 0 spiro atoms. The van der Waals surface area contributed by atoms with Gasteiger partial charge in [-0.3, -0.25) is 0 Å². The van der Waals surface area contributed by atoms with Gasteiger partial charge in [0.1, 0.15) is 0 Å². The maximum absolute atomic E-state index is 7.66. The lowest BCUT2D eigenvalue weighted by molar-refractivity contribution is 0.00578. The molecule has 1 aliphatic carbocycles. The average Bonchev–Trinajstić information content (AvgIpc) is 2.55. The summed E-state index contributed by atoms with van der Waals surface area (Å²) < 4.78 is 12.0. The smallest absolute Gasteiger partial charge is 0.399 e. The number of hydrogen-bond acceptors (Lipinski definition) is 4. The Kier molecular flexibility index (Phi) is 4.84. The molecule has 1 aliphatic heterocycles. The Balaban J connectivity index is 2.02. The number of nitrogens with one attached hydrogen (secondary N) is 2. The highest BCUT2D eigenvalue weighted by molar-refractivity contribution is 6.60. The predicted molar refractivity (Wildman–Crippen MR) is 87.5 cm³/mol. The zero-order chi connectivity index (χ0) is 15.7. The van der Waals surface area contributed by atoms with Gasteiger partial charge in [-0.15, -0.1) is 0 Å². The van der Waals surface area contributed by atoms with Crippen LogP contribution in [0.25, 0.3) is 0 Å². The van der Waals surface area contributed by atoms with Gasteiger partial charge < -0.3 is 20.0 Å². The molecule has 2 aliphatic rings. The summed E-state index contributed by atoms with van der Waals surface area (Å²) in [4.78, 5) is 0. The van der Waals surface area contributed by atoms with Crippen molar-refractivity contribution in [2.75, 3.05) is 0 Å². The molecule has 1 atom stereocenters. The summed E-state index contributed by atoms with van der Waals surface area (Å²) in [6.45, 7) is 10.3. The van der Waals surface area contributed by atoms with Crippen LogP contribution in [0.3, 0.4) is 0 Å². The summed E-state index contributed by atoms with van der Waals surface area (Å²) in [5.74, 6) is 0.775. The Hall–Kier alpha value is -0.805. The fourth-order valence-electron chi connectivity index (χ4n) is 2.79. The first kappa shape index (κ1) is 16.6. The van der Waals surface area contributed by atoms with Gasteiger partial charge in [0.15, 0.2) is 0 Å². The Morgan fingerprint density at radius 1 is 1.29 bits per heavy atom. The molecule has 0 aromatic carbocycles. The van der Waals surface area contributed by atoms with E-state index in [9.17, 15) is 0 Å². The van der Waals surface area contributed by atoms with Crippen LogP contribution in [0, 0.1) is 11.3 Å². The molecule has 2 fully saturated rings. The van der Waals surface area contributed by atoms with Gasteiger partial charge in [0, 0.05) is 17.7 Å². The van der Waals surface area contributed by atoms with Crippen LogP contribution < -0.4 is 5.32 Å². The Labute approximate surface area is 129 Å². The lowest BCUT2D eigenvalue weighted by Gasteiger charge is -2.33. The number of rotatable bonds is 6. The van der Waals surface area contributed by atoms with Crippen molar-refractivity contribution in [3.8, 4) is 0 Å². The van der Waals surface area contributed by atoms with Crippen LogP contribution in [0.2, 0.25) is 0 Å². The Bertz CT molecular complexity index is 401. The largest absolute Gasteiger partial charge is 0.497 e. The molecule has 1 heterocycles. The first-order valence-electron chi connectivity index (χ1n) is 8.13. The van der Waals surface area contributed by atoms with E-state index in [1.165, 1.54) is 25.5 Å². The summed E-state index contributed by atoms with van der Waals surface area (Å²) in [7, 11) is -0.459. The van der Waals surface area contributed by atoms with E-state index in [1.807, 2.05) is 33.9 Å². The predicted octanol–water partition coefficient (Wildman–Crippen LogP) is 3.32. The lowest BCUT2D eigenvalue weighted by Crippen LogP contribution is -2.41. The minimum Gasteiger partial charge on any atom is -0.399 e. The van der Waals surface area contributed by atoms with Crippen LogP contribution >= 0.6 is 0 Å². The number of hydrogen-bond donors (Lipinski definition) is 2. The molecular formula is C16H29BN2O2. The SMILES string of the molecule is CCC(N/C=C(\C=N)B1OC(C)(C)C(C)(C)O1)C1CCC1. The highest BCUT2D eigenvalue weighted by Crippen LogP contribution is 2.38. The van der Waals surface area contributed by atoms with Crippen molar-refractivity contribution >= 4 is 13.3 Å². The van der Waals surface area contributed by atoms with E-state index < -0.39 is 7.12 Å². The summed E-state index contributed by atoms with van der Waals surface area (Å²) in [6.07, 6.45) is 8.34. The lowest BCUT2D eigenvalue weighted by atomic mass is 9.77. The molecule has 0 radical (unpaired) electrons. The first-order valence-corrected chi connectivity index (χ1v) is 8.13. The van der Waals surface area contributed by atoms with Gasteiger partial charge in [-0.2, -0.15) is 0 Å². The van der Waals surface area contributed by atoms with Gasteiger partial charge in [0.25, 0.3) is 0 Å². The number of allylic oxidation sites excluding steroid dienone is 1. The highest BCUT2D eigenvalue weighted by atomic mass is 16.7. The fraction of sp³-hybridized carbons (Fsp3) is 0.812. The van der Waals surface area contributed by atoms with E-state index >= 15 is 0 Å². The van der Waals surface area contributed by atoms with Gasteiger partial charge in [-0.05, 0) is 59.1 Å². The second kappa shape index (κ2) is 6.13. The third-order valence-corrected chi connectivity index (χ3v) is 5.31. The summed E-state index contributed by atoms with van der Waals surface area (Å²) >= 11 is 0. The Morgan fingerprint density at radius 2 is 1.86 bits per heavy atom. The zero-order valence-corrected chi connectivity index (χ0v) is 14.0. The quantitative estimate of drug-likeness (QED) is 0.583. The van der Waals surface area contributed by atoms with Crippen LogP contribution in [-0.4, -0.2) is 30.6 Å². The molecule has 0 aromatic rings. The molecule has 2 rings (SSSR count). The van der Waals surface area contributed by atoms with E-state index in [-0.39, 0.29) is 11.2 Å². The van der Waals surface area contributed by atoms with Crippen molar-refractivity contribution in [2.45, 2.75) is 77.5 Å². The zero-order valence-electron chi connectivity index (χ0n) is 14.0. The van der Waals surface area contributed by atoms with Gasteiger partial charge in [0.2, 0.25) is 0 Å². The average molecular weight is 292 g/mol. The monoisotopic (exact) mass is 292 g/mol. The van der Waals surface area contributed by atoms with Gasteiger partial charge in [-0.25, -0.2) is 0 Å². The second-order valence-electron chi connectivity index (χ2n) is 7.25. The molecule has 0 aromatic heterocycles. The van der Waals surface area contributed by atoms with Crippen molar-refractivity contribution < 1.29 is 9.31 Å². The molecule has 5 heteroatoms. The van der Waals surface area contributed by atoms with Crippen molar-refractivity contribution in [3.63, 3.8) is 0 Å². The van der Waals surface area contributed by atoms with Gasteiger partial charge >= 0.3 is 7.12 Å². The maximum Gasteiger partial charge on any atom is 0.497 e. The van der Waals surface area contributed by atoms with E-state index in [2.05, 4.69) is 12.2 Å². The van der Waals surface area contributed by atoms with Crippen molar-refractivity contribution in [1.82, 2.24) is 5.32 Å². The normalized spacial score (nSPS) is 26.3. The van der Waals surface area contributed by atoms with Crippen LogP contribution in [0.15, 0.2) is 11.7 Å². The third kappa shape index (κ3) is 3.34. The molecule has 2 N–H and O–H groups in total. The molecule has 21 heavy (non-hydrogen) atoms. The molecule has 4 nitrogen and oxygen atoms in total. The topological polar surface area (TPSA) is 54.3 Å². The van der Waals surface area contributed by atoms with Crippen molar-refractivity contribution in [1.29, 1.82) is 5.41 Å². The van der Waals surface area contributed by atoms with Crippen molar-refractivity contribution in [2.24, 2.45) is 5.92 Å². The van der Waals surface area contributed by atoms with E-state index in [0.29, 0.717) is 6.04 Å². The van der Waals surface area contributed by atoms with E-state index in [0.717, 1.165) is 17.8 Å². The molecule has 0 amide bonds. The highest BCUT2D eigenvalue weighted by Gasteiger charge is 2.52. The molecule has 1 unspecified atom stereocenters. The minimum absolute atomic E-state index is 0.363. The van der Waals surface area contributed by atoms with Crippen LogP contribution in [0.1, 0.15) is 60.3 Å². The Morgan fingerprint density at radius 3 is 2.24 bits per heavy atom. The minimum atomic E-state index is -0.459. The van der Waals surface area contributed by atoms with Crippen molar-refractivity contribution in [3.05, 3.63) is 11.7 Å². The van der Waals surface area contributed by atoms with Gasteiger partial charge in [0.05, 0.1) is 11.2 Å². The molecule has 118 valence electrons. The van der Waals surface area contributed by atoms with E-state index in [1.54, 1.807) is 0 Å². The third-order valence-electron chi connectivity index (χ3n) is 5.31. The summed E-state index contributed by atoms with van der Waals surface area (Å²) in [5, 5.41) is 11.1.